The molecule has 2 aromatic rings. The van der Waals surface area contributed by atoms with Gasteiger partial charge in [-0.15, -0.1) is 0 Å². The number of nitrogens with one attached hydrogen (secondary N) is 1. The van der Waals surface area contributed by atoms with Gasteiger partial charge in [0, 0.05) is 32.2 Å². The second kappa shape index (κ2) is 5.69. The van der Waals surface area contributed by atoms with Crippen LogP contribution in [-0.4, -0.2) is 30.0 Å². The van der Waals surface area contributed by atoms with Crippen molar-refractivity contribution in [1.82, 2.24) is 9.97 Å². The molecule has 0 saturated heterocycles. The van der Waals surface area contributed by atoms with Gasteiger partial charge in [0.1, 0.15) is 0 Å². The van der Waals surface area contributed by atoms with Crippen LogP contribution in [0.15, 0.2) is 30.6 Å². The third-order valence-corrected chi connectivity index (χ3v) is 2.94. The van der Waals surface area contributed by atoms with Crippen LogP contribution in [-0.2, 0) is 0 Å². The number of hydrogen-bond acceptors (Lipinski definition) is 4. The van der Waals surface area contributed by atoms with E-state index in [1.54, 1.807) is 4.90 Å². The number of rotatable bonds is 3. The third-order valence-electron chi connectivity index (χ3n) is 2.94. The molecule has 0 aliphatic heterocycles. The number of hydrogen-bond donors (Lipinski definition) is 1. The van der Waals surface area contributed by atoms with E-state index in [-0.39, 0.29) is 5.91 Å². The Morgan fingerprint density at radius 1 is 1.15 bits per heavy atom. The lowest BCUT2D eigenvalue weighted by molar-refractivity contribution is 0.102. The highest BCUT2D eigenvalue weighted by Gasteiger charge is 2.09. The van der Waals surface area contributed by atoms with E-state index >= 15 is 0 Å². The molecule has 1 aromatic carbocycles. The predicted molar refractivity (Wildman–Crippen MR) is 80.2 cm³/mol. The smallest absolute Gasteiger partial charge is 0.258 e. The Balaban J connectivity index is 2.17. The molecule has 1 N–H and O–H groups in total. The zero-order valence-electron chi connectivity index (χ0n) is 12.1. The molecule has 20 heavy (non-hydrogen) atoms. The van der Waals surface area contributed by atoms with Crippen molar-refractivity contribution in [2.75, 3.05) is 24.3 Å². The molecule has 0 spiro atoms. The molecule has 2 rings (SSSR count). The predicted octanol–water partition coefficient (Wildman–Crippen LogP) is 2.41. The normalized spacial score (nSPS) is 10.2. The maximum Gasteiger partial charge on any atom is 0.258 e. The van der Waals surface area contributed by atoms with Crippen LogP contribution in [0.2, 0.25) is 0 Å². The maximum atomic E-state index is 12.2. The van der Waals surface area contributed by atoms with Gasteiger partial charge < -0.3 is 10.2 Å². The van der Waals surface area contributed by atoms with Crippen molar-refractivity contribution in [3.63, 3.8) is 0 Å². The van der Waals surface area contributed by atoms with Gasteiger partial charge in [0.05, 0.1) is 5.56 Å². The molecule has 1 heterocycles. The fourth-order valence-electron chi connectivity index (χ4n) is 1.73. The second-order valence-corrected chi connectivity index (χ2v) is 4.94. The van der Waals surface area contributed by atoms with Crippen LogP contribution < -0.4 is 10.2 Å². The molecule has 0 atom stereocenters. The number of anilines is 2. The zero-order valence-corrected chi connectivity index (χ0v) is 12.1. The van der Waals surface area contributed by atoms with Gasteiger partial charge in [0.2, 0.25) is 5.95 Å². The Bertz CT molecular complexity index is 620. The molecular formula is C15H18N4O. The summed E-state index contributed by atoms with van der Waals surface area (Å²) in [6.45, 7) is 3.95. The quantitative estimate of drug-likeness (QED) is 0.930. The summed E-state index contributed by atoms with van der Waals surface area (Å²) in [7, 11) is 3.70. The first-order chi connectivity index (χ1) is 9.47. The Labute approximate surface area is 118 Å². The highest BCUT2D eigenvalue weighted by Crippen LogP contribution is 2.17. The molecular weight excluding hydrogens is 252 g/mol. The number of aromatic nitrogens is 2. The van der Waals surface area contributed by atoms with Crippen molar-refractivity contribution in [3.8, 4) is 0 Å². The molecule has 1 aromatic heterocycles. The number of benzene rings is 1. The van der Waals surface area contributed by atoms with E-state index in [4.69, 9.17) is 0 Å². The number of carbonyl (C=O) groups is 1. The van der Waals surface area contributed by atoms with Gasteiger partial charge in [-0.05, 0) is 31.0 Å². The van der Waals surface area contributed by atoms with Crippen LogP contribution in [0.25, 0.3) is 0 Å². The minimum absolute atomic E-state index is 0.205. The highest BCUT2D eigenvalue weighted by molar-refractivity contribution is 6.04. The van der Waals surface area contributed by atoms with E-state index in [1.807, 2.05) is 46.1 Å². The first-order valence-electron chi connectivity index (χ1n) is 6.35. The molecule has 0 aliphatic rings. The molecule has 0 bridgehead atoms. The summed E-state index contributed by atoms with van der Waals surface area (Å²) in [5, 5.41) is 2.88. The highest BCUT2D eigenvalue weighted by atomic mass is 16.1. The van der Waals surface area contributed by atoms with Crippen LogP contribution in [0.4, 0.5) is 11.6 Å². The summed E-state index contributed by atoms with van der Waals surface area (Å²) < 4.78 is 0. The van der Waals surface area contributed by atoms with Crippen molar-refractivity contribution >= 4 is 17.5 Å². The third kappa shape index (κ3) is 3.12. The monoisotopic (exact) mass is 270 g/mol. The van der Waals surface area contributed by atoms with Gasteiger partial charge in [-0.25, -0.2) is 9.97 Å². The van der Waals surface area contributed by atoms with Gasteiger partial charge >= 0.3 is 0 Å². The first kappa shape index (κ1) is 14.0. The van der Waals surface area contributed by atoms with Crippen LogP contribution in [0.1, 0.15) is 21.5 Å². The fraction of sp³-hybridized carbons (Fsp3) is 0.267. The summed E-state index contributed by atoms with van der Waals surface area (Å²) >= 11 is 0. The topological polar surface area (TPSA) is 58.1 Å². The fourth-order valence-corrected chi connectivity index (χ4v) is 1.73. The molecule has 104 valence electrons. The minimum Gasteiger partial charge on any atom is -0.347 e. The van der Waals surface area contributed by atoms with E-state index in [9.17, 15) is 4.79 Å². The minimum atomic E-state index is -0.205. The van der Waals surface area contributed by atoms with Crippen molar-refractivity contribution < 1.29 is 4.79 Å². The van der Waals surface area contributed by atoms with Crippen molar-refractivity contribution in [2.45, 2.75) is 13.8 Å². The van der Waals surface area contributed by atoms with Crippen molar-refractivity contribution in [2.24, 2.45) is 0 Å². The lowest BCUT2D eigenvalue weighted by Crippen LogP contribution is -2.16. The molecule has 5 nitrogen and oxygen atoms in total. The number of amides is 1. The molecule has 0 saturated carbocycles. The van der Waals surface area contributed by atoms with Crippen molar-refractivity contribution in [1.29, 1.82) is 0 Å². The summed E-state index contributed by atoms with van der Waals surface area (Å²) in [6.07, 6.45) is 3.06. The van der Waals surface area contributed by atoms with Crippen molar-refractivity contribution in [3.05, 3.63) is 47.3 Å². The lowest BCUT2D eigenvalue weighted by atomic mass is 10.1. The average Bonchev–Trinajstić information content (AvgIpc) is 2.43. The zero-order chi connectivity index (χ0) is 14.7. The largest absolute Gasteiger partial charge is 0.347 e. The summed E-state index contributed by atoms with van der Waals surface area (Å²) in [5.41, 5.74) is 3.38. The van der Waals surface area contributed by atoms with E-state index in [2.05, 4.69) is 15.3 Å². The number of aryl methyl sites for hydroxylation is 2. The Kier molecular flexibility index (Phi) is 3.98. The van der Waals surface area contributed by atoms with E-state index in [1.165, 1.54) is 12.4 Å². The van der Waals surface area contributed by atoms with Gasteiger partial charge in [-0.3, -0.25) is 4.79 Å². The lowest BCUT2D eigenvalue weighted by Gasteiger charge is -2.11. The summed E-state index contributed by atoms with van der Waals surface area (Å²) in [5.74, 6) is 0.372. The number of carbonyl (C=O) groups excluding carboxylic acids is 1. The first-order valence-corrected chi connectivity index (χ1v) is 6.35. The Morgan fingerprint density at radius 3 is 2.40 bits per heavy atom. The van der Waals surface area contributed by atoms with Crippen LogP contribution in [0.3, 0.4) is 0 Å². The SMILES string of the molecule is Cc1ccc(C)c(NC(=O)c2cnc(N(C)C)nc2)c1. The average molecular weight is 270 g/mol. The van der Waals surface area contributed by atoms with Crippen LogP contribution >= 0.6 is 0 Å². The molecule has 0 aliphatic carbocycles. The van der Waals surface area contributed by atoms with E-state index < -0.39 is 0 Å². The van der Waals surface area contributed by atoms with Gasteiger partial charge in [-0.1, -0.05) is 12.1 Å². The molecule has 1 amide bonds. The molecule has 0 unspecified atom stereocenters. The van der Waals surface area contributed by atoms with Gasteiger partial charge in [-0.2, -0.15) is 0 Å². The molecule has 0 fully saturated rings. The van der Waals surface area contributed by atoms with E-state index in [0.29, 0.717) is 11.5 Å². The molecule has 5 heteroatoms. The summed E-state index contributed by atoms with van der Waals surface area (Å²) in [4.78, 5) is 22.2. The second-order valence-electron chi connectivity index (χ2n) is 4.94. The molecule has 0 radical (unpaired) electrons. The Morgan fingerprint density at radius 2 is 1.80 bits per heavy atom. The van der Waals surface area contributed by atoms with Crippen LogP contribution in [0.5, 0.6) is 0 Å². The Hall–Kier alpha value is -2.43. The maximum absolute atomic E-state index is 12.2. The van der Waals surface area contributed by atoms with Crippen LogP contribution in [0, 0.1) is 13.8 Å². The summed E-state index contributed by atoms with van der Waals surface area (Å²) in [6, 6.07) is 5.94. The number of nitrogens with zero attached hydrogens (tertiary/aromatic N) is 3. The van der Waals surface area contributed by atoms with E-state index in [0.717, 1.165) is 16.8 Å². The van der Waals surface area contributed by atoms with Gasteiger partial charge in [0.25, 0.3) is 5.91 Å². The van der Waals surface area contributed by atoms with Gasteiger partial charge in [0.15, 0.2) is 0 Å². The standard InChI is InChI=1S/C15H18N4O/c1-10-5-6-11(2)13(7-10)18-14(20)12-8-16-15(17-9-12)19(3)4/h5-9H,1-4H3,(H,18,20).